The van der Waals surface area contributed by atoms with Crippen LogP contribution in [-0.4, -0.2) is 40.8 Å². The standard InChI is InChI=1S/C11H16FN3O4S/c1-19-11(16)7-5-10(8(12)6-9(7)13)14-3-4-15-20(2,17)18/h5-6,14-15H,3-4,13H2,1-2H3. The van der Waals surface area contributed by atoms with E-state index in [9.17, 15) is 17.6 Å². The molecule has 0 saturated carbocycles. The number of methoxy groups -OCH3 is 1. The number of benzene rings is 1. The molecule has 1 aromatic carbocycles. The van der Waals surface area contributed by atoms with Gasteiger partial charge in [-0.1, -0.05) is 0 Å². The quantitative estimate of drug-likeness (QED) is 0.392. The van der Waals surface area contributed by atoms with Crippen LogP contribution in [0.15, 0.2) is 12.1 Å². The summed E-state index contributed by atoms with van der Waals surface area (Å²) < 4.78 is 42.1. The molecule has 0 radical (unpaired) electrons. The largest absolute Gasteiger partial charge is 0.465 e. The number of halogens is 1. The number of sulfonamides is 1. The van der Waals surface area contributed by atoms with Gasteiger partial charge in [-0.2, -0.15) is 0 Å². The molecule has 0 aliphatic carbocycles. The van der Waals surface area contributed by atoms with Gasteiger partial charge in [0.25, 0.3) is 0 Å². The second-order valence-electron chi connectivity index (χ2n) is 4.00. The molecule has 0 aromatic heterocycles. The topological polar surface area (TPSA) is 111 Å². The maximum atomic E-state index is 13.6. The molecule has 0 aliphatic heterocycles. The van der Waals surface area contributed by atoms with E-state index >= 15 is 0 Å². The molecule has 0 aliphatic rings. The van der Waals surface area contributed by atoms with Crippen LogP contribution in [-0.2, 0) is 14.8 Å². The van der Waals surface area contributed by atoms with Crippen LogP contribution in [0.4, 0.5) is 15.8 Å². The summed E-state index contributed by atoms with van der Waals surface area (Å²) >= 11 is 0. The predicted octanol–water partition coefficient (Wildman–Crippen LogP) is 0.156. The summed E-state index contributed by atoms with van der Waals surface area (Å²) in [5.41, 5.74) is 5.56. The van der Waals surface area contributed by atoms with E-state index in [4.69, 9.17) is 5.73 Å². The summed E-state index contributed by atoms with van der Waals surface area (Å²) in [6.07, 6.45) is 1.02. The first kappa shape index (κ1) is 16.2. The van der Waals surface area contributed by atoms with Gasteiger partial charge >= 0.3 is 5.97 Å². The highest BCUT2D eigenvalue weighted by molar-refractivity contribution is 7.88. The fraction of sp³-hybridized carbons (Fsp3) is 0.364. The lowest BCUT2D eigenvalue weighted by Crippen LogP contribution is -2.27. The van der Waals surface area contributed by atoms with Crippen LogP contribution < -0.4 is 15.8 Å². The van der Waals surface area contributed by atoms with E-state index in [1.807, 2.05) is 0 Å². The normalized spacial score (nSPS) is 11.2. The van der Waals surface area contributed by atoms with E-state index in [1.165, 1.54) is 13.2 Å². The average molecular weight is 305 g/mol. The van der Waals surface area contributed by atoms with Gasteiger partial charge in [0.05, 0.1) is 24.6 Å². The highest BCUT2D eigenvalue weighted by atomic mass is 32.2. The minimum atomic E-state index is -3.30. The third-order valence-electron chi connectivity index (χ3n) is 2.35. The third kappa shape index (κ3) is 4.67. The van der Waals surface area contributed by atoms with Crippen LogP contribution in [0.1, 0.15) is 10.4 Å². The highest BCUT2D eigenvalue weighted by Gasteiger charge is 2.14. The number of carbonyl (C=O) groups is 1. The second kappa shape index (κ2) is 6.53. The van der Waals surface area contributed by atoms with Gasteiger partial charge in [0.2, 0.25) is 10.0 Å². The Morgan fingerprint density at radius 1 is 1.40 bits per heavy atom. The van der Waals surface area contributed by atoms with Gasteiger partial charge in [0.1, 0.15) is 5.82 Å². The number of nitrogens with two attached hydrogens (primary N) is 1. The predicted molar refractivity (Wildman–Crippen MR) is 73.5 cm³/mol. The molecule has 9 heteroatoms. The van der Waals surface area contributed by atoms with Crippen molar-refractivity contribution in [2.45, 2.75) is 0 Å². The van der Waals surface area contributed by atoms with E-state index in [2.05, 4.69) is 14.8 Å². The number of anilines is 2. The van der Waals surface area contributed by atoms with Crippen LogP contribution in [0, 0.1) is 5.82 Å². The minimum Gasteiger partial charge on any atom is -0.465 e. The first-order valence-electron chi connectivity index (χ1n) is 5.60. The Bertz CT molecular complexity index is 604. The van der Waals surface area contributed by atoms with Gasteiger partial charge in [-0.15, -0.1) is 0 Å². The van der Waals surface area contributed by atoms with E-state index in [-0.39, 0.29) is 30.0 Å². The molecule has 0 saturated heterocycles. The van der Waals surface area contributed by atoms with Gasteiger partial charge in [-0.3, -0.25) is 0 Å². The molecule has 0 unspecified atom stereocenters. The number of rotatable bonds is 6. The molecular weight excluding hydrogens is 289 g/mol. The number of esters is 1. The number of carbonyl (C=O) groups excluding carboxylic acids is 1. The molecule has 1 aromatic rings. The van der Waals surface area contributed by atoms with Crippen LogP contribution in [0.2, 0.25) is 0 Å². The Balaban J connectivity index is 2.77. The Hall–Kier alpha value is -1.87. The Kier molecular flexibility index (Phi) is 5.28. The lowest BCUT2D eigenvalue weighted by molar-refractivity contribution is 0.0602. The number of hydrogen-bond donors (Lipinski definition) is 3. The van der Waals surface area contributed by atoms with Crippen LogP contribution in [0.25, 0.3) is 0 Å². The zero-order valence-electron chi connectivity index (χ0n) is 11.1. The van der Waals surface area contributed by atoms with Gasteiger partial charge in [0, 0.05) is 18.8 Å². The Labute approximate surface area is 116 Å². The van der Waals surface area contributed by atoms with Crippen molar-refractivity contribution in [3.63, 3.8) is 0 Å². The fourth-order valence-corrected chi connectivity index (χ4v) is 1.92. The smallest absolute Gasteiger partial charge is 0.340 e. The summed E-state index contributed by atoms with van der Waals surface area (Å²) in [4.78, 5) is 11.4. The van der Waals surface area contributed by atoms with Gasteiger partial charge in [-0.25, -0.2) is 22.3 Å². The van der Waals surface area contributed by atoms with Crippen molar-refractivity contribution in [1.29, 1.82) is 0 Å². The molecule has 7 nitrogen and oxygen atoms in total. The first-order valence-corrected chi connectivity index (χ1v) is 7.49. The van der Waals surface area contributed by atoms with E-state index in [0.29, 0.717) is 0 Å². The molecular formula is C11H16FN3O4S. The van der Waals surface area contributed by atoms with Crippen LogP contribution >= 0.6 is 0 Å². The van der Waals surface area contributed by atoms with Crippen LogP contribution in [0.3, 0.4) is 0 Å². The Morgan fingerprint density at radius 2 is 2.05 bits per heavy atom. The molecule has 0 spiro atoms. The van der Waals surface area contributed by atoms with Gasteiger partial charge < -0.3 is 15.8 Å². The molecule has 0 bridgehead atoms. The average Bonchev–Trinajstić information content (AvgIpc) is 2.34. The molecule has 0 atom stereocenters. The minimum absolute atomic E-state index is 0.0332. The van der Waals surface area contributed by atoms with Crippen molar-refractivity contribution >= 4 is 27.4 Å². The summed E-state index contributed by atoms with van der Waals surface area (Å²) in [6.45, 7) is 0.227. The third-order valence-corrected chi connectivity index (χ3v) is 3.08. The van der Waals surface area contributed by atoms with Crippen molar-refractivity contribution in [2.24, 2.45) is 0 Å². The Morgan fingerprint density at radius 3 is 2.60 bits per heavy atom. The highest BCUT2D eigenvalue weighted by Crippen LogP contribution is 2.22. The first-order chi connectivity index (χ1) is 9.24. The maximum Gasteiger partial charge on any atom is 0.340 e. The summed E-state index contributed by atoms with van der Waals surface area (Å²) in [6, 6.07) is 2.22. The summed E-state index contributed by atoms with van der Waals surface area (Å²) in [7, 11) is -2.11. The van der Waals surface area contributed by atoms with E-state index < -0.39 is 21.8 Å². The van der Waals surface area contributed by atoms with Gasteiger partial charge in [-0.05, 0) is 12.1 Å². The lowest BCUT2D eigenvalue weighted by atomic mass is 10.1. The van der Waals surface area contributed by atoms with E-state index in [0.717, 1.165) is 12.3 Å². The van der Waals surface area contributed by atoms with Crippen molar-refractivity contribution in [3.05, 3.63) is 23.5 Å². The van der Waals surface area contributed by atoms with Crippen LogP contribution in [0.5, 0.6) is 0 Å². The summed E-state index contributed by atoms with van der Waals surface area (Å²) in [5, 5.41) is 2.67. The second-order valence-corrected chi connectivity index (χ2v) is 5.84. The number of nitrogen functional groups attached to an aromatic ring is 1. The molecule has 4 N–H and O–H groups in total. The number of ether oxygens (including phenoxy) is 1. The van der Waals surface area contributed by atoms with Crippen molar-refractivity contribution in [2.75, 3.05) is 37.5 Å². The lowest BCUT2D eigenvalue weighted by Gasteiger charge is -2.11. The summed E-state index contributed by atoms with van der Waals surface area (Å²) in [5.74, 6) is -1.32. The monoisotopic (exact) mass is 305 g/mol. The fourth-order valence-electron chi connectivity index (χ4n) is 1.44. The van der Waals surface area contributed by atoms with Crippen molar-refractivity contribution in [1.82, 2.24) is 4.72 Å². The molecule has 112 valence electrons. The molecule has 0 heterocycles. The molecule has 0 amide bonds. The van der Waals surface area contributed by atoms with Gasteiger partial charge in [0.15, 0.2) is 0 Å². The number of nitrogens with one attached hydrogen (secondary N) is 2. The zero-order valence-corrected chi connectivity index (χ0v) is 11.9. The maximum absolute atomic E-state index is 13.6. The van der Waals surface area contributed by atoms with Crippen molar-refractivity contribution in [3.8, 4) is 0 Å². The zero-order chi connectivity index (χ0) is 15.3. The van der Waals surface area contributed by atoms with E-state index in [1.54, 1.807) is 0 Å². The molecule has 0 fully saturated rings. The SMILES string of the molecule is COC(=O)c1cc(NCCNS(C)(=O)=O)c(F)cc1N. The molecule has 1 rings (SSSR count). The molecule has 20 heavy (non-hydrogen) atoms. The number of hydrogen-bond acceptors (Lipinski definition) is 6. The van der Waals surface area contributed by atoms with Crippen molar-refractivity contribution < 1.29 is 22.3 Å².